The normalized spacial score (nSPS) is 32.1. The standard InChI is InChI=1S/C11H15N3O4/c1-12-8-2-13-14(4-8)3-7-6-18-9(5-15)11(17)10(7)16/h2,4,7,9-11,15-17H,3,5-6H2/t7-,9-,10-,11+/m1/s1. The molecule has 2 rings (SSSR count). The minimum atomic E-state index is -1.11. The third-order valence-electron chi connectivity index (χ3n) is 3.09. The molecule has 0 bridgehead atoms. The largest absolute Gasteiger partial charge is 0.394 e. The van der Waals surface area contributed by atoms with E-state index in [2.05, 4.69) is 9.94 Å². The predicted octanol–water partition coefficient (Wildman–Crippen LogP) is -0.837. The van der Waals surface area contributed by atoms with Gasteiger partial charge >= 0.3 is 0 Å². The fourth-order valence-electron chi connectivity index (χ4n) is 2.02. The highest BCUT2D eigenvalue weighted by molar-refractivity contribution is 5.38. The smallest absolute Gasteiger partial charge is 0.224 e. The van der Waals surface area contributed by atoms with E-state index in [1.165, 1.54) is 10.9 Å². The van der Waals surface area contributed by atoms with Crippen molar-refractivity contribution in [3.8, 4) is 0 Å². The summed E-state index contributed by atoms with van der Waals surface area (Å²) >= 11 is 0. The molecule has 7 heteroatoms. The number of ether oxygens (including phenoxy) is 1. The molecule has 0 amide bonds. The predicted molar refractivity (Wildman–Crippen MR) is 60.8 cm³/mol. The molecule has 4 atom stereocenters. The van der Waals surface area contributed by atoms with Crippen molar-refractivity contribution in [1.82, 2.24) is 9.78 Å². The molecule has 98 valence electrons. The maximum absolute atomic E-state index is 9.92. The first-order valence-electron chi connectivity index (χ1n) is 5.64. The molecule has 0 spiro atoms. The van der Waals surface area contributed by atoms with Crippen LogP contribution in [0.15, 0.2) is 12.4 Å². The van der Waals surface area contributed by atoms with Crippen molar-refractivity contribution in [3.63, 3.8) is 0 Å². The lowest BCUT2D eigenvalue weighted by Crippen LogP contribution is -2.52. The monoisotopic (exact) mass is 253 g/mol. The van der Waals surface area contributed by atoms with Gasteiger partial charge in [0.1, 0.15) is 12.2 Å². The van der Waals surface area contributed by atoms with Crippen LogP contribution in [0.3, 0.4) is 0 Å². The zero-order valence-electron chi connectivity index (χ0n) is 9.68. The van der Waals surface area contributed by atoms with Gasteiger partial charge in [-0.05, 0) is 0 Å². The van der Waals surface area contributed by atoms with E-state index in [1.54, 1.807) is 6.20 Å². The van der Waals surface area contributed by atoms with Crippen LogP contribution in [-0.2, 0) is 11.3 Å². The van der Waals surface area contributed by atoms with Crippen LogP contribution >= 0.6 is 0 Å². The van der Waals surface area contributed by atoms with Crippen molar-refractivity contribution in [2.75, 3.05) is 13.2 Å². The Kier molecular flexibility index (Phi) is 3.93. The van der Waals surface area contributed by atoms with Crippen LogP contribution in [-0.4, -0.2) is 56.6 Å². The van der Waals surface area contributed by atoms with Crippen molar-refractivity contribution in [1.29, 1.82) is 0 Å². The van der Waals surface area contributed by atoms with E-state index in [1.807, 2.05) is 0 Å². The molecular formula is C11H15N3O4. The van der Waals surface area contributed by atoms with Gasteiger partial charge in [0.15, 0.2) is 0 Å². The van der Waals surface area contributed by atoms with E-state index >= 15 is 0 Å². The Balaban J connectivity index is 2.00. The van der Waals surface area contributed by atoms with Crippen LogP contribution in [0.1, 0.15) is 0 Å². The zero-order chi connectivity index (χ0) is 13.1. The van der Waals surface area contributed by atoms with Crippen LogP contribution in [0.4, 0.5) is 5.69 Å². The number of rotatable bonds is 3. The first kappa shape index (κ1) is 13.0. The van der Waals surface area contributed by atoms with Crippen LogP contribution in [0, 0.1) is 12.5 Å². The highest BCUT2D eigenvalue weighted by Crippen LogP contribution is 2.22. The summed E-state index contributed by atoms with van der Waals surface area (Å²) in [7, 11) is 0. The van der Waals surface area contributed by atoms with Crippen LogP contribution in [0.5, 0.6) is 0 Å². The number of hydrogen-bond acceptors (Lipinski definition) is 5. The molecule has 3 N–H and O–H groups in total. The number of aliphatic hydroxyl groups excluding tert-OH is 3. The van der Waals surface area contributed by atoms with Gasteiger partial charge in [-0.25, -0.2) is 4.85 Å². The Bertz CT molecular complexity index is 442. The van der Waals surface area contributed by atoms with Crippen molar-refractivity contribution >= 4 is 5.69 Å². The van der Waals surface area contributed by atoms with Crippen molar-refractivity contribution < 1.29 is 20.1 Å². The second-order valence-electron chi connectivity index (χ2n) is 4.33. The number of hydrogen-bond donors (Lipinski definition) is 3. The maximum atomic E-state index is 9.92. The second-order valence-corrected chi connectivity index (χ2v) is 4.33. The average molecular weight is 253 g/mol. The lowest BCUT2D eigenvalue weighted by molar-refractivity contribution is -0.177. The summed E-state index contributed by atoms with van der Waals surface area (Å²) in [6.07, 6.45) is 0.189. The van der Waals surface area contributed by atoms with Gasteiger partial charge in [0.05, 0.1) is 32.1 Å². The molecule has 1 saturated heterocycles. The van der Waals surface area contributed by atoms with E-state index in [9.17, 15) is 10.2 Å². The summed E-state index contributed by atoms with van der Waals surface area (Å²) in [4.78, 5) is 3.23. The molecule has 1 aliphatic heterocycles. The van der Waals surface area contributed by atoms with E-state index in [0.717, 1.165) is 0 Å². The summed E-state index contributed by atoms with van der Waals surface area (Å²) < 4.78 is 6.80. The first-order chi connectivity index (χ1) is 8.65. The van der Waals surface area contributed by atoms with Crippen LogP contribution in [0.25, 0.3) is 4.85 Å². The SMILES string of the molecule is [C-]#[N+]c1cnn(C[C@@H]2CO[C@H](CO)[C@H](O)[C@@H]2O)c1. The maximum Gasteiger partial charge on any atom is 0.224 e. The Morgan fingerprint density at radius 1 is 1.50 bits per heavy atom. The molecule has 1 aliphatic rings. The summed E-state index contributed by atoms with van der Waals surface area (Å²) in [6, 6.07) is 0. The Hall–Kier alpha value is -1.46. The fraction of sp³-hybridized carbons (Fsp3) is 0.636. The first-order valence-corrected chi connectivity index (χ1v) is 5.64. The van der Waals surface area contributed by atoms with E-state index < -0.39 is 18.3 Å². The third kappa shape index (κ3) is 2.52. The molecule has 0 radical (unpaired) electrons. The molecule has 1 aromatic heterocycles. The van der Waals surface area contributed by atoms with Crippen LogP contribution in [0.2, 0.25) is 0 Å². The van der Waals surface area contributed by atoms with Crippen molar-refractivity contribution in [3.05, 3.63) is 23.8 Å². The molecule has 7 nitrogen and oxygen atoms in total. The molecule has 2 heterocycles. The lowest BCUT2D eigenvalue weighted by Gasteiger charge is -2.36. The van der Waals surface area contributed by atoms with Crippen molar-refractivity contribution in [2.45, 2.75) is 24.9 Å². The van der Waals surface area contributed by atoms with Gasteiger partial charge in [-0.3, -0.25) is 4.68 Å². The molecule has 1 aromatic rings. The summed E-state index contributed by atoms with van der Waals surface area (Å²) in [6.45, 7) is 7.09. The van der Waals surface area contributed by atoms with Crippen molar-refractivity contribution in [2.24, 2.45) is 5.92 Å². The van der Waals surface area contributed by atoms with Crippen LogP contribution < -0.4 is 0 Å². The number of aromatic nitrogens is 2. The van der Waals surface area contributed by atoms with Gasteiger partial charge in [0.2, 0.25) is 5.69 Å². The molecule has 18 heavy (non-hydrogen) atoms. The van der Waals surface area contributed by atoms with Gasteiger partial charge in [-0.2, -0.15) is 5.10 Å². The van der Waals surface area contributed by atoms with Gasteiger partial charge < -0.3 is 20.1 Å². The molecular weight excluding hydrogens is 238 g/mol. The lowest BCUT2D eigenvalue weighted by atomic mass is 9.92. The quantitative estimate of drug-likeness (QED) is 0.611. The number of nitrogens with zero attached hydrogens (tertiary/aromatic N) is 3. The van der Waals surface area contributed by atoms with Gasteiger partial charge in [0.25, 0.3) is 0 Å². The Labute approximate surface area is 104 Å². The van der Waals surface area contributed by atoms with Gasteiger partial charge in [-0.1, -0.05) is 0 Å². The Morgan fingerprint density at radius 3 is 2.89 bits per heavy atom. The highest BCUT2D eigenvalue weighted by atomic mass is 16.5. The van der Waals surface area contributed by atoms with E-state index in [-0.39, 0.29) is 19.1 Å². The number of aliphatic hydroxyl groups is 3. The van der Waals surface area contributed by atoms with Gasteiger partial charge in [-0.15, -0.1) is 0 Å². The molecule has 0 aromatic carbocycles. The summed E-state index contributed by atoms with van der Waals surface area (Å²) in [5.74, 6) is -0.318. The molecule has 0 unspecified atom stereocenters. The third-order valence-corrected chi connectivity index (χ3v) is 3.09. The summed E-state index contributed by atoms with van der Waals surface area (Å²) in [5, 5.41) is 32.6. The van der Waals surface area contributed by atoms with Gasteiger partial charge in [0, 0.05) is 18.7 Å². The summed E-state index contributed by atoms with van der Waals surface area (Å²) in [5.41, 5.74) is 0.426. The second kappa shape index (κ2) is 5.46. The zero-order valence-corrected chi connectivity index (χ0v) is 9.68. The molecule has 0 saturated carbocycles. The minimum Gasteiger partial charge on any atom is -0.394 e. The highest BCUT2D eigenvalue weighted by Gasteiger charge is 2.38. The topological polar surface area (TPSA) is 92.1 Å². The average Bonchev–Trinajstić information content (AvgIpc) is 2.83. The Morgan fingerprint density at radius 2 is 2.28 bits per heavy atom. The molecule has 0 aliphatic carbocycles. The minimum absolute atomic E-state index is 0.233. The molecule has 1 fully saturated rings. The van der Waals surface area contributed by atoms with E-state index in [0.29, 0.717) is 12.2 Å². The van der Waals surface area contributed by atoms with E-state index in [4.69, 9.17) is 16.4 Å². The fourth-order valence-corrected chi connectivity index (χ4v) is 2.02.